The van der Waals surface area contributed by atoms with Crippen molar-refractivity contribution in [3.8, 4) is 0 Å². The number of aliphatic hydroxyl groups excluding tert-OH is 1. The van der Waals surface area contributed by atoms with E-state index in [1.165, 1.54) is 19.3 Å². The molecular formula is C10H18O2. The topological polar surface area (TPSA) is 37.3 Å². The number of ketones is 1. The van der Waals surface area contributed by atoms with Gasteiger partial charge in [-0.25, -0.2) is 0 Å². The van der Waals surface area contributed by atoms with Crippen LogP contribution >= 0.6 is 0 Å². The van der Waals surface area contributed by atoms with E-state index < -0.39 is 0 Å². The van der Waals surface area contributed by atoms with Crippen LogP contribution in [0.4, 0.5) is 0 Å². The average molecular weight is 170 g/mol. The molecular weight excluding hydrogens is 152 g/mol. The summed E-state index contributed by atoms with van der Waals surface area (Å²) in [6, 6.07) is 0. The van der Waals surface area contributed by atoms with Gasteiger partial charge in [-0.15, -0.1) is 0 Å². The van der Waals surface area contributed by atoms with Gasteiger partial charge in [0.05, 0.1) is 0 Å². The van der Waals surface area contributed by atoms with Crippen molar-refractivity contribution in [3.63, 3.8) is 0 Å². The van der Waals surface area contributed by atoms with Crippen LogP contribution in [0.25, 0.3) is 0 Å². The van der Waals surface area contributed by atoms with Crippen molar-refractivity contribution in [2.45, 2.75) is 39.0 Å². The monoisotopic (exact) mass is 170 g/mol. The van der Waals surface area contributed by atoms with Crippen LogP contribution in [0.15, 0.2) is 0 Å². The van der Waals surface area contributed by atoms with Crippen LogP contribution in [0.2, 0.25) is 0 Å². The Bertz CT molecular complexity index is 150. The Morgan fingerprint density at radius 2 is 2.25 bits per heavy atom. The van der Waals surface area contributed by atoms with Gasteiger partial charge in [0, 0.05) is 12.5 Å². The summed E-state index contributed by atoms with van der Waals surface area (Å²) in [5.74, 6) is 1.14. The highest BCUT2D eigenvalue weighted by molar-refractivity contribution is 5.78. The molecule has 1 rings (SSSR count). The Morgan fingerprint density at radius 3 is 2.58 bits per heavy atom. The second-order valence-corrected chi connectivity index (χ2v) is 3.85. The molecule has 1 N–H and O–H groups in total. The number of rotatable bonds is 5. The zero-order chi connectivity index (χ0) is 8.97. The summed E-state index contributed by atoms with van der Waals surface area (Å²) in [6.07, 6.45) is 5.57. The van der Waals surface area contributed by atoms with Crippen LogP contribution in [-0.2, 0) is 4.79 Å². The van der Waals surface area contributed by atoms with Gasteiger partial charge in [-0.3, -0.25) is 4.79 Å². The van der Waals surface area contributed by atoms with E-state index in [0.717, 1.165) is 12.3 Å². The normalized spacial score (nSPS) is 20.2. The molecule has 0 aromatic heterocycles. The fourth-order valence-electron chi connectivity index (χ4n) is 1.77. The maximum absolute atomic E-state index is 11.1. The lowest BCUT2D eigenvalue weighted by Crippen LogP contribution is -2.21. The molecule has 1 fully saturated rings. The largest absolute Gasteiger partial charge is 0.396 e. The Kier molecular flexibility index (Phi) is 3.73. The quantitative estimate of drug-likeness (QED) is 0.682. The minimum absolute atomic E-state index is 0.125. The third kappa shape index (κ3) is 2.59. The fourth-order valence-corrected chi connectivity index (χ4v) is 1.77. The summed E-state index contributed by atoms with van der Waals surface area (Å²) in [6.45, 7) is 1.79. The Balaban J connectivity index is 2.26. The molecule has 0 spiro atoms. The zero-order valence-corrected chi connectivity index (χ0v) is 7.75. The average Bonchev–Trinajstić information content (AvgIpc) is 1.93. The summed E-state index contributed by atoms with van der Waals surface area (Å²) >= 11 is 0. The molecule has 0 aromatic carbocycles. The predicted octanol–water partition coefficient (Wildman–Crippen LogP) is 1.76. The highest BCUT2D eigenvalue weighted by Crippen LogP contribution is 2.33. The second-order valence-electron chi connectivity index (χ2n) is 3.85. The molecule has 1 unspecified atom stereocenters. The van der Waals surface area contributed by atoms with Gasteiger partial charge in [0.1, 0.15) is 5.78 Å². The van der Waals surface area contributed by atoms with E-state index >= 15 is 0 Å². The van der Waals surface area contributed by atoms with Gasteiger partial charge < -0.3 is 5.11 Å². The van der Waals surface area contributed by atoms with Crippen molar-refractivity contribution in [2.75, 3.05) is 6.61 Å². The minimum atomic E-state index is 0.125. The summed E-state index contributed by atoms with van der Waals surface area (Å²) < 4.78 is 0. The highest BCUT2D eigenvalue weighted by atomic mass is 16.3. The highest BCUT2D eigenvalue weighted by Gasteiger charge is 2.23. The zero-order valence-electron chi connectivity index (χ0n) is 7.75. The van der Waals surface area contributed by atoms with E-state index in [1.807, 2.05) is 0 Å². The van der Waals surface area contributed by atoms with Crippen LogP contribution in [0, 0.1) is 11.8 Å². The van der Waals surface area contributed by atoms with Crippen molar-refractivity contribution >= 4 is 5.78 Å². The SMILES string of the molecule is CC(=O)C(CCO)CC1CCC1. The van der Waals surface area contributed by atoms with Gasteiger partial charge in [-0.2, -0.15) is 0 Å². The first-order valence-corrected chi connectivity index (χ1v) is 4.85. The molecule has 0 saturated heterocycles. The minimum Gasteiger partial charge on any atom is -0.396 e. The van der Waals surface area contributed by atoms with E-state index in [-0.39, 0.29) is 18.3 Å². The first kappa shape index (κ1) is 9.72. The van der Waals surface area contributed by atoms with Gasteiger partial charge in [0.15, 0.2) is 0 Å². The van der Waals surface area contributed by atoms with Crippen LogP contribution < -0.4 is 0 Å². The summed E-state index contributed by atoms with van der Waals surface area (Å²) in [7, 11) is 0. The maximum atomic E-state index is 11.1. The number of Topliss-reactive ketones (excluding diaryl/α,β-unsaturated/α-hetero) is 1. The van der Waals surface area contributed by atoms with Crippen LogP contribution in [0.5, 0.6) is 0 Å². The standard InChI is InChI=1S/C10H18O2/c1-8(12)10(5-6-11)7-9-3-2-4-9/h9-11H,2-7H2,1H3. The molecule has 2 heteroatoms. The first-order valence-electron chi connectivity index (χ1n) is 4.85. The molecule has 0 heterocycles. The van der Waals surface area contributed by atoms with E-state index in [9.17, 15) is 4.79 Å². The molecule has 1 aliphatic carbocycles. The lowest BCUT2D eigenvalue weighted by atomic mass is 9.77. The maximum Gasteiger partial charge on any atom is 0.133 e. The number of hydrogen-bond acceptors (Lipinski definition) is 2. The van der Waals surface area contributed by atoms with Gasteiger partial charge in [-0.1, -0.05) is 19.3 Å². The molecule has 12 heavy (non-hydrogen) atoms. The lowest BCUT2D eigenvalue weighted by molar-refractivity contribution is -0.122. The molecule has 0 amide bonds. The molecule has 0 aromatic rings. The van der Waals surface area contributed by atoms with Crippen molar-refractivity contribution in [1.82, 2.24) is 0 Å². The van der Waals surface area contributed by atoms with Crippen molar-refractivity contribution in [1.29, 1.82) is 0 Å². The van der Waals surface area contributed by atoms with E-state index in [1.54, 1.807) is 6.92 Å². The van der Waals surface area contributed by atoms with Crippen molar-refractivity contribution in [3.05, 3.63) is 0 Å². The molecule has 0 bridgehead atoms. The second kappa shape index (κ2) is 4.61. The van der Waals surface area contributed by atoms with Gasteiger partial charge in [0.2, 0.25) is 0 Å². The van der Waals surface area contributed by atoms with Gasteiger partial charge in [-0.05, 0) is 25.7 Å². The molecule has 1 saturated carbocycles. The van der Waals surface area contributed by atoms with Gasteiger partial charge in [0.25, 0.3) is 0 Å². The summed E-state index contributed by atoms with van der Waals surface area (Å²) in [4.78, 5) is 11.1. The van der Waals surface area contributed by atoms with Crippen LogP contribution in [0.3, 0.4) is 0 Å². The van der Waals surface area contributed by atoms with Crippen molar-refractivity contribution in [2.24, 2.45) is 11.8 Å². The molecule has 0 aliphatic heterocycles. The van der Waals surface area contributed by atoms with Crippen molar-refractivity contribution < 1.29 is 9.90 Å². The number of aliphatic hydroxyl groups is 1. The van der Waals surface area contributed by atoms with Crippen LogP contribution in [-0.4, -0.2) is 17.5 Å². The Hall–Kier alpha value is -0.370. The third-order valence-corrected chi connectivity index (χ3v) is 2.90. The molecule has 0 radical (unpaired) electrons. The predicted molar refractivity (Wildman–Crippen MR) is 47.8 cm³/mol. The molecule has 2 nitrogen and oxygen atoms in total. The molecule has 1 aliphatic rings. The summed E-state index contributed by atoms with van der Waals surface area (Å²) in [5, 5.41) is 8.74. The Morgan fingerprint density at radius 1 is 1.58 bits per heavy atom. The van der Waals surface area contributed by atoms with E-state index in [4.69, 9.17) is 5.11 Å². The molecule has 70 valence electrons. The third-order valence-electron chi connectivity index (χ3n) is 2.90. The first-order chi connectivity index (χ1) is 5.74. The lowest BCUT2D eigenvalue weighted by Gasteiger charge is -2.28. The summed E-state index contributed by atoms with van der Waals surface area (Å²) in [5.41, 5.74) is 0. The smallest absolute Gasteiger partial charge is 0.133 e. The van der Waals surface area contributed by atoms with E-state index in [0.29, 0.717) is 6.42 Å². The van der Waals surface area contributed by atoms with Gasteiger partial charge >= 0.3 is 0 Å². The van der Waals surface area contributed by atoms with Crippen LogP contribution in [0.1, 0.15) is 39.0 Å². The van der Waals surface area contributed by atoms with E-state index in [2.05, 4.69) is 0 Å². The number of carbonyl (C=O) groups excluding carboxylic acids is 1. The Labute approximate surface area is 74.0 Å². The fraction of sp³-hybridized carbons (Fsp3) is 0.900. The molecule has 1 atom stereocenters. The number of hydrogen-bond donors (Lipinski definition) is 1. The number of carbonyl (C=O) groups is 1.